The summed E-state index contributed by atoms with van der Waals surface area (Å²) >= 11 is 0. The second kappa shape index (κ2) is 4.94. The van der Waals surface area contributed by atoms with Gasteiger partial charge in [0.25, 0.3) is 0 Å². The number of aryl methyl sites for hydroxylation is 1. The lowest BCUT2D eigenvalue weighted by Gasteiger charge is -2.08. The molecule has 94 valence electrons. The summed E-state index contributed by atoms with van der Waals surface area (Å²) in [7, 11) is 0. The van der Waals surface area contributed by atoms with Crippen LogP contribution in [0.2, 0.25) is 0 Å². The Bertz CT molecular complexity index is 529. The molecule has 1 N–H and O–H groups in total. The van der Waals surface area contributed by atoms with Gasteiger partial charge in [-0.1, -0.05) is 12.1 Å². The molecule has 0 spiro atoms. The lowest BCUT2D eigenvalue weighted by molar-refractivity contribution is 0.288. The molecule has 3 heteroatoms. The van der Waals surface area contributed by atoms with Crippen LogP contribution in [0.5, 0.6) is 0 Å². The molecule has 1 fully saturated rings. The van der Waals surface area contributed by atoms with Gasteiger partial charge in [0.05, 0.1) is 5.69 Å². The summed E-state index contributed by atoms with van der Waals surface area (Å²) in [6.45, 7) is 0.249. The molecule has 1 saturated carbocycles. The summed E-state index contributed by atoms with van der Waals surface area (Å²) < 4.78 is 2.06. The Labute approximate surface area is 107 Å². The molecular weight excluding hydrogens is 224 g/mol. The Morgan fingerprint density at radius 2 is 2.17 bits per heavy atom. The predicted molar refractivity (Wildman–Crippen MR) is 70.9 cm³/mol. The minimum Gasteiger partial charge on any atom is -0.396 e. The maximum Gasteiger partial charge on any atom is 0.0651 e. The molecule has 18 heavy (non-hydrogen) atoms. The van der Waals surface area contributed by atoms with E-state index in [4.69, 9.17) is 5.11 Å². The number of aliphatic hydroxyl groups excluding tert-OH is 1. The quantitative estimate of drug-likeness (QED) is 0.875. The molecule has 0 atom stereocenters. The predicted octanol–water partition coefficient (Wildman–Crippen LogP) is 2.67. The normalized spacial score (nSPS) is 14.9. The highest BCUT2D eigenvalue weighted by Gasteiger charge is 2.27. The van der Waals surface area contributed by atoms with Crippen molar-refractivity contribution >= 4 is 0 Å². The van der Waals surface area contributed by atoms with Gasteiger partial charge in [0, 0.05) is 24.4 Å². The van der Waals surface area contributed by atoms with Crippen molar-refractivity contribution < 1.29 is 5.11 Å². The van der Waals surface area contributed by atoms with Gasteiger partial charge in [0.1, 0.15) is 0 Å². The molecule has 0 bridgehead atoms. The fraction of sp³-hybridized carbons (Fsp3) is 0.400. The largest absolute Gasteiger partial charge is 0.396 e. The van der Waals surface area contributed by atoms with Crippen molar-refractivity contribution in [2.45, 2.75) is 31.6 Å². The zero-order valence-electron chi connectivity index (χ0n) is 10.4. The highest BCUT2D eigenvalue weighted by molar-refractivity contribution is 5.38. The third kappa shape index (κ3) is 2.31. The summed E-state index contributed by atoms with van der Waals surface area (Å²) in [6, 6.07) is 10.6. The molecule has 1 aromatic heterocycles. The standard InChI is InChI=1S/C15H18N2O/c18-10-2-4-12-3-1-5-14(11-12)17-15(8-9-16-17)13-6-7-13/h1,3,5,8-9,11,13,18H,2,4,6-7,10H2. The van der Waals surface area contributed by atoms with E-state index in [2.05, 4.69) is 40.1 Å². The van der Waals surface area contributed by atoms with Gasteiger partial charge in [-0.3, -0.25) is 0 Å². The summed E-state index contributed by atoms with van der Waals surface area (Å²) in [5.74, 6) is 0.702. The minimum absolute atomic E-state index is 0.249. The topological polar surface area (TPSA) is 38.0 Å². The van der Waals surface area contributed by atoms with E-state index in [0.717, 1.165) is 18.5 Å². The zero-order chi connectivity index (χ0) is 12.4. The van der Waals surface area contributed by atoms with E-state index in [1.807, 2.05) is 6.20 Å². The summed E-state index contributed by atoms with van der Waals surface area (Å²) in [5, 5.41) is 13.3. The maximum absolute atomic E-state index is 8.89. The van der Waals surface area contributed by atoms with Crippen LogP contribution in [0.15, 0.2) is 36.5 Å². The third-order valence-electron chi connectivity index (χ3n) is 3.45. The Balaban J connectivity index is 1.88. The van der Waals surface area contributed by atoms with Gasteiger partial charge >= 0.3 is 0 Å². The first-order valence-corrected chi connectivity index (χ1v) is 6.62. The molecule has 3 nitrogen and oxygen atoms in total. The SMILES string of the molecule is OCCCc1cccc(-n2nccc2C2CC2)c1. The molecule has 3 rings (SSSR count). The van der Waals surface area contributed by atoms with Crippen LogP contribution in [0.3, 0.4) is 0 Å². The third-order valence-corrected chi connectivity index (χ3v) is 3.45. The number of hydrogen-bond donors (Lipinski definition) is 1. The second-order valence-electron chi connectivity index (χ2n) is 4.94. The molecule has 0 unspecified atom stereocenters. The first kappa shape index (κ1) is 11.5. The van der Waals surface area contributed by atoms with E-state index in [1.165, 1.54) is 24.1 Å². The van der Waals surface area contributed by atoms with Crippen molar-refractivity contribution in [3.05, 3.63) is 47.8 Å². The highest BCUT2D eigenvalue weighted by atomic mass is 16.2. The van der Waals surface area contributed by atoms with E-state index in [1.54, 1.807) is 0 Å². The van der Waals surface area contributed by atoms with E-state index in [-0.39, 0.29) is 6.61 Å². The minimum atomic E-state index is 0.249. The van der Waals surface area contributed by atoms with Crippen molar-refractivity contribution in [1.82, 2.24) is 9.78 Å². The number of aromatic nitrogens is 2. The van der Waals surface area contributed by atoms with Crippen LogP contribution in [-0.2, 0) is 6.42 Å². The van der Waals surface area contributed by atoms with Crippen LogP contribution >= 0.6 is 0 Å². The van der Waals surface area contributed by atoms with Gasteiger partial charge in [-0.25, -0.2) is 4.68 Å². The number of benzene rings is 1. The molecule has 1 aromatic carbocycles. The van der Waals surface area contributed by atoms with Crippen molar-refractivity contribution in [3.8, 4) is 5.69 Å². The summed E-state index contributed by atoms with van der Waals surface area (Å²) in [4.78, 5) is 0. The number of nitrogens with zero attached hydrogens (tertiary/aromatic N) is 2. The van der Waals surface area contributed by atoms with Gasteiger partial charge in [-0.05, 0) is 49.4 Å². The lowest BCUT2D eigenvalue weighted by Crippen LogP contribution is -2.01. The molecule has 2 aromatic rings. The van der Waals surface area contributed by atoms with Crippen LogP contribution in [0, 0.1) is 0 Å². The number of hydrogen-bond acceptors (Lipinski definition) is 2. The summed E-state index contributed by atoms with van der Waals surface area (Å²) in [5.41, 5.74) is 3.73. The van der Waals surface area contributed by atoms with Crippen LogP contribution in [0.1, 0.15) is 36.4 Å². The van der Waals surface area contributed by atoms with E-state index >= 15 is 0 Å². The first-order valence-electron chi connectivity index (χ1n) is 6.62. The molecule has 1 aliphatic rings. The molecule has 1 heterocycles. The monoisotopic (exact) mass is 242 g/mol. The molecule has 0 aliphatic heterocycles. The van der Waals surface area contributed by atoms with Crippen LogP contribution < -0.4 is 0 Å². The number of aliphatic hydroxyl groups is 1. The van der Waals surface area contributed by atoms with Gasteiger partial charge in [0.15, 0.2) is 0 Å². The Kier molecular flexibility index (Phi) is 3.15. The van der Waals surface area contributed by atoms with Crippen LogP contribution in [0.4, 0.5) is 0 Å². The fourth-order valence-corrected chi connectivity index (χ4v) is 2.34. The Morgan fingerprint density at radius 3 is 2.94 bits per heavy atom. The first-order chi connectivity index (χ1) is 8.88. The lowest BCUT2D eigenvalue weighted by atomic mass is 10.1. The number of rotatable bonds is 5. The van der Waals surface area contributed by atoms with Crippen LogP contribution in [-0.4, -0.2) is 21.5 Å². The van der Waals surface area contributed by atoms with E-state index in [0.29, 0.717) is 5.92 Å². The van der Waals surface area contributed by atoms with E-state index < -0.39 is 0 Å². The Morgan fingerprint density at radius 1 is 1.28 bits per heavy atom. The zero-order valence-corrected chi connectivity index (χ0v) is 10.4. The molecular formula is C15H18N2O. The van der Waals surface area contributed by atoms with Crippen molar-refractivity contribution in [3.63, 3.8) is 0 Å². The van der Waals surface area contributed by atoms with Crippen LogP contribution in [0.25, 0.3) is 5.69 Å². The van der Waals surface area contributed by atoms with Gasteiger partial charge < -0.3 is 5.11 Å². The highest BCUT2D eigenvalue weighted by Crippen LogP contribution is 2.40. The van der Waals surface area contributed by atoms with Crippen molar-refractivity contribution in [2.24, 2.45) is 0 Å². The average Bonchev–Trinajstić information content (AvgIpc) is 3.14. The smallest absolute Gasteiger partial charge is 0.0651 e. The molecule has 0 amide bonds. The maximum atomic E-state index is 8.89. The summed E-state index contributed by atoms with van der Waals surface area (Å²) in [6.07, 6.45) is 6.20. The molecule has 0 radical (unpaired) electrons. The van der Waals surface area contributed by atoms with Crippen molar-refractivity contribution in [2.75, 3.05) is 6.61 Å². The molecule has 1 aliphatic carbocycles. The van der Waals surface area contributed by atoms with Gasteiger partial charge in [-0.2, -0.15) is 5.10 Å². The molecule has 0 saturated heterocycles. The average molecular weight is 242 g/mol. The Hall–Kier alpha value is -1.61. The van der Waals surface area contributed by atoms with E-state index in [9.17, 15) is 0 Å². The second-order valence-corrected chi connectivity index (χ2v) is 4.94. The van der Waals surface area contributed by atoms with Gasteiger partial charge in [0.2, 0.25) is 0 Å². The van der Waals surface area contributed by atoms with Gasteiger partial charge in [-0.15, -0.1) is 0 Å². The van der Waals surface area contributed by atoms with Crippen molar-refractivity contribution in [1.29, 1.82) is 0 Å². The fourth-order valence-electron chi connectivity index (χ4n) is 2.34.